The zero-order chi connectivity index (χ0) is 14.3. The number of hydrazine groups is 1. The molecule has 1 heterocycles. The molecule has 0 amide bonds. The van der Waals surface area contributed by atoms with Crippen molar-refractivity contribution in [3.8, 4) is 0 Å². The fourth-order valence-corrected chi connectivity index (χ4v) is 3.74. The molecule has 2 atom stereocenters. The van der Waals surface area contributed by atoms with Gasteiger partial charge in [0.25, 0.3) is 0 Å². The van der Waals surface area contributed by atoms with E-state index in [1.54, 1.807) is 0 Å². The number of nitrogens with two attached hydrogens (primary N) is 1. The maximum atomic E-state index is 6.03. The molecule has 1 aliphatic carbocycles. The average molecular weight is 293 g/mol. The van der Waals surface area contributed by atoms with Crippen LogP contribution in [0.5, 0.6) is 0 Å². The standard InChI is InChI=1S/C16H21ClN2O/c1-16(2)7-3-4-12(16)15(19-18)14-9-10-8-11(17)5-6-13(10)20-14/h5-6,8-9,12,15,19H,3-4,7,18H2,1-2H3. The van der Waals surface area contributed by atoms with Crippen molar-refractivity contribution in [2.45, 2.75) is 39.2 Å². The lowest BCUT2D eigenvalue weighted by Crippen LogP contribution is -2.37. The highest BCUT2D eigenvalue weighted by molar-refractivity contribution is 6.31. The number of rotatable bonds is 3. The van der Waals surface area contributed by atoms with Gasteiger partial charge < -0.3 is 4.42 Å². The van der Waals surface area contributed by atoms with Gasteiger partial charge in [0.15, 0.2) is 0 Å². The van der Waals surface area contributed by atoms with Gasteiger partial charge in [0.1, 0.15) is 11.3 Å². The van der Waals surface area contributed by atoms with Gasteiger partial charge in [-0.1, -0.05) is 31.9 Å². The molecule has 0 aliphatic heterocycles. The zero-order valence-corrected chi connectivity index (χ0v) is 12.7. The average Bonchev–Trinajstić information content (AvgIpc) is 2.94. The molecule has 1 fully saturated rings. The number of fused-ring (bicyclic) bond motifs is 1. The molecule has 3 rings (SSSR count). The van der Waals surface area contributed by atoms with Crippen LogP contribution in [0.1, 0.15) is 44.9 Å². The van der Waals surface area contributed by atoms with Crippen LogP contribution in [0.25, 0.3) is 11.0 Å². The third-order valence-corrected chi connectivity index (χ3v) is 4.96. The van der Waals surface area contributed by atoms with Crippen LogP contribution in [0.15, 0.2) is 28.7 Å². The van der Waals surface area contributed by atoms with Crippen molar-refractivity contribution in [1.82, 2.24) is 5.43 Å². The van der Waals surface area contributed by atoms with Crippen LogP contribution < -0.4 is 11.3 Å². The zero-order valence-electron chi connectivity index (χ0n) is 11.9. The summed E-state index contributed by atoms with van der Waals surface area (Å²) in [7, 11) is 0. The summed E-state index contributed by atoms with van der Waals surface area (Å²) in [6.45, 7) is 4.63. The monoisotopic (exact) mass is 292 g/mol. The first-order chi connectivity index (χ1) is 9.51. The summed E-state index contributed by atoms with van der Waals surface area (Å²) in [5, 5.41) is 1.76. The topological polar surface area (TPSA) is 51.2 Å². The second kappa shape index (κ2) is 5.06. The summed E-state index contributed by atoms with van der Waals surface area (Å²) < 4.78 is 5.98. The minimum Gasteiger partial charge on any atom is -0.459 e. The SMILES string of the molecule is CC1(C)CCCC1C(NN)c1cc2cc(Cl)ccc2o1. The van der Waals surface area contributed by atoms with Gasteiger partial charge >= 0.3 is 0 Å². The quantitative estimate of drug-likeness (QED) is 0.650. The molecule has 1 saturated carbocycles. The van der Waals surface area contributed by atoms with E-state index in [2.05, 4.69) is 25.3 Å². The van der Waals surface area contributed by atoms with Crippen LogP contribution in [0.3, 0.4) is 0 Å². The Balaban J connectivity index is 1.99. The molecule has 20 heavy (non-hydrogen) atoms. The van der Waals surface area contributed by atoms with E-state index in [0.717, 1.165) is 21.8 Å². The Morgan fingerprint density at radius 1 is 1.40 bits per heavy atom. The largest absolute Gasteiger partial charge is 0.459 e. The molecule has 1 aliphatic rings. The van der Waals surface area contributed by atoms with Gasteiger partial charge in [0.2, 0.25) is 0 Å². The summed E-state index contributed by atoms with van der Waals surface area (Å²) in [5.41, 5.74) is 4.11. The van der Waals surface area contributed by atoms with Gasteiger partial charge in [0, 0.05) is 10.4 Å². The molecular formula is C16H21ClN2O. The molecule has 2 unspecified atom stereocenters. The van der Waals surface area contributed by atoms with Crippen molar-refractivity contribution in [3.63, 3.8) is 0 Å². The van der Waals surface area contributed by atoms with Crippen molar-refractivity contribution < 1.29 is 4.42 Å². The first-order valence-electron chi connectivity index (χ1n) is 7.16. The number of furan rings is 1. The van der Waals surface area contributed by atoms with Crippen molar-refractivity contribution >= 4 is 22.6 Å². The second-order valence-electron chi connectivity index (χ2n) is 6.46. The van der Waals surface area contributed by atoms with Crippen LogP contribution in [0, 0.1) is 11.3 Å². The Kier molecular flexibility index (Phi) is 3.53. The Bertz CT molecular complexity index is 620. The lowest BCUT2D eigenvalue weighted by Gasteiger charge is -2.32. The first kappa shape index (κ1) is 13.9. The third kappa shape index (κ3) is 2.34. The van der Waals surface area contributed by atoms with Crippen LogP contribution in [0.2, 0.25) is 5.02 Å². The van der Waals surface area contributed by atoms with Gasteiger partial charge in [-0.05, 0) is 48.4 Å². The van der Waals surface area contributed by atoms with Crippen molar-refractivity contribution in [2.24, 2.45) is 17.2 Å². The van der Waals surface area contributed by atoms with Crippen molar-refractivity contribution in [3.05, 3.63) is 35.0 Å². The van der Waals surface area contributed by atoms with Gasteiger partial charge in [-0.3, -0.25) is 5.84 Å². The molecular weight excluding hydrogens is 272 g/mol. The molecule has 0 saturated heterocycles. The molecule has 108 valence electrons. The Morgan fingerprint density at radius 2 is 2.20 bits per heavy atom. The van der Waals surface area contributed by atoms with Gasteiger partial charge in [-0.15, -0.1) is 0 Å². The van der Waals surface area contributed by atoms with Gasteiger partial charge in [-0.25, -0.2) is 5.43 Å². The number of hydrogen-bond donors (Lipinski definition) is 2. The van der Waals surface area contributed by atoms with E-state index in [9.17, 15) is 0 Å². The molecule has 2 aromatic rings. The molecule has 1 aromatic heterocycles. The number of nitrogens with one attached hydrogen (secondary N) is 1. The summed E-state index contributed by atoms with van der Waals surface area (Å²) in [6, 6.07) is 7.80. The fourth-order valence-electron chi connectivity index (χ4n) is 3.56. The van der Waals surface area contributed by atoms with Gasteiger partial charge in [-0.2, -0.15) is 0 Å². The molecule has 1 aromatic carbocycles. The predicted molar refractivity (Wildman–Crippen MR) is 82.4 cm³/mol. The highest BCUT2D eigenvalue weighted by atomic mass is 35.5. The van der Waals surface area contributed by atoms with Crippen molar-refractivity contribution in [1.29, 1.82) is 0 Å². The second-order valence-corrected chi connectivity index (χ2v) is 6.90. The van der Waals surface area contributed by atoms with Crippen LogP contribution in [-0.4, -0.2) is 0 Å². The number of benzene rings is 1. The maximum Gasteiger partial charge on any atom is 0.134 e. The molecule has 3 nitrogen and oxygen atoms in total. The summed E-state index contributed by atoms with van der Waals surface area (Å²) in [5.74, 6) is 7.22. The summed E-state index contributed by atoms with van der Waals surface area (Å²) in [4.78, 5) is 0. The van der Waals surface area contributed by atoms with Crippen LogP contribution in [-0.2, 0) is 0 Å². The van der Waals surface area contributed by atoms with E-state index >= 15 is 0 Å². The van der Waals surface area contributed by atoms with Crippen molar-refractivity contribution in [2.75, 3.05) is 0 Å². The summed E-state index contributed by atoms with van der Waals surface area (Å²) >= 11 is 6.03. The van der Waals surface area contributed by atoms with E-state index in [0.29, 0.717) is 5.92 Å². The van der Waals surface area contributed by atoms with E-state index in [1.165, 1.54) is 19.3 Å². The Hall–Kier alpha value is -1.03. The van der Waals surface area contributed by atoms with E-state index in [4.69, 9.17) is 21.9 Å². The molecule has 0 spiro atoms. The maximum absolute atomic E-state index is 6.03. The lowest BCUT2D eigenvalue weighted by molar-refractivity contribution is 0.183. The molecule has 3 N–H and O–H groups in total. The normalized spacial score (nSPS) is 23.3. The number of halogens is 1. The lowest BCUT2D eigenvalue weighted by atomic mass is 9.77. The fraction of sp³-hybridized carbons (Fsp3) is 0.500. The van der Waals surface area contributed by atoms with E-state index in [-0.39, 0.29) is 11.5 Å². The smallest absolute Gasteiger partial charge is 0.134 e. The molecule has 4 heteroatoms. The highest BCUT2D eigenvalue weighted by Gasteiger charge is 2.41. The van der Waals surface area contributed by atoms with Gasteiger partial charge in [0.05, 0.1) is 6.04 Å². The molecule has 0 bridgehead atoms. The Labute approximate surface area is 124 Å². The summed E-state index contributed by atoms with van der Waals surface area (Å²) in [6.07, 6.45) is 3.67. The highest BCUT2D eigenvalue weighted by Crippen LogP contribution is 2.49. The first-order valence-corrected chi connectivity index (χ1v) is 7.54. The Morgan fingerprint density at radius 3 is 2.85 bits per heavy atom. The van der Waals surface area contributed by atoms with E-state index in [1.807, 2.05) is 18.2 Å². The van der Waals surface area contributed by atoms with Crippen LogP contribution >= 0.6 is 11.6 Å². The van der Waals surface area contributed by atoms with Crippen LogP contribution in [0.4, 0.5) is 0 Å². The van der Waals surface area contributed by atoms with E-state index < -0.39 is 0 Å². The minimum absolute atomic E-state index is 0.0543. The minimum atomic E-state index is 0.0543. The molecule has 0 radical (unpaired) electrons. The number of hydrogen-bond acceptors (Lipinski definition) is 3. The third-order valence-electron chi connectivity index (χ3n) is 4.73. The predicted octanol–water partition coefficient (Wildman–Crippen LogP) is 4.42.